The van der Waals surface area contributed by atoms with E-state index in [9.17, 15) is 9.59 Å². The summed E-state index contributed by atoms with van der Waals surface area (Å²) in [6.07, 6.45) is 1.90. The number of aryl methyl sites for hydroxylation is 1. The fourth-order valence-corrected chi connectivity index (χ4v) is 3.50. The van der Waals surface area contributed by atoms with Crippen LogP contribution in [-0.2, 0) is 9.47 Å². The molecule has 26 heavy (non-hydrogen) atoms. The molecule has 0 saturated carbocycles. The number of H-pyrrole nitrogens is 1. The zero-order valence-electron chi connectivity index (χ0n) is 15.0. The molecule has 0 bridgehead atoms. The maximum absolute atomic E-state index is 12.7. The molecule has 1 N–H and O–H groups in total. The van der Waals surface area contributed by atoms with E-state index in [1.165, 1.54) is 0 Å². The van der Waals surface area contributed by atoms with Gasteiger partial charge in [-0.05, 0) is 26.2 Å². The van der Waals surface area contributed by atoms with E-state index >= 15 is 0 Å². The molecule has 1 aromatic heterocycles. The Morgan fingerprint density at radius 3 is 2.69 bits per heavy atom. The van der Waals surface area contributed by atoms with E-state index in [4.69, 9.17) is 32.7 Å². The van der Waals surface area contributed by atoms with Crippen molar-refractivity contribution in [3.8, 4) is 0 Å². The second-order valence-electron chi connectivity index (χ2n) is 6.23. The fraction of sp³-hybridized carbons (Fsp3) is 0.556. The summed E-state index contributed by atoms with van der Waals surface area (Å²) >= 11 is 12.2. The average molecular weight is 403 g/mol. The molecular formula is C18H24Cl2N2O4. The predicted molar refractivity (Wildman–Crippen MR) is 101 cm³/mol. The molecule has 1 aliphatic rings. The van der Waals surface area contributed by atoms with Gasteiger partial charge < -0.3 is 19.4 Å². The summed E-state index contributed by atoms with van der Waals surface area (Å²) in [6, 6.07) is 0. The summed E-state index contributed by atoms with van der Waals surface area (Å²) in [7, 11) is 0. The third kappa shape index (κ3) is 4.81. The lowest BCUT2D eigenvalue weighted by molar-refractivity contribution is -0.0257. The molecule has 0 radical (unpaired) electrons. The minimum absolute atomic E-state index is 0.0356. The number of hydrogen-bond acceptors (Lipinski definition) is 4. The Labute approximate surface area is 163 Å². The summed E-state index contributed by atoms with van der Waals surface area (Å²) in [4.78, 5) is 29.2. The highest BCUT2D eigenvalue weighted by Gasteiger charge is 2.34. The second-order valence-corrected chi connectivity index (χ2v) is 6.99. The van der Waals surface area contributed by atoms with E-state index in [1.54, 1.807) is 24.8 Å². The molecule has 0 spiro atoms. The van der Waals surface area contributed by atoms with E-state index < -0.39 is 0 Å². The topological polar surface area (TPSA) is 71.6 Å². The third-order valence-corrected chi connectivity index (χ3v) is 5.38. The zero-order valence-corrected chi connectivity index (χ0v) is 16.5. The first-order valence-electron chi connectivity index (χ1n) is 8.59. The van der Waals surface area contributed by atoms with Crippen LogP contribution in [-0.4, -0.2) is 54.2 Å². The van der Waals surface area contributed by atoms with E-state index in [1.807, 2.05) is 0 Å². The number of piperidine rings is 1. The minimum Gasteiger partial charge on any atom is -0.450 e. The standard InChI is InChI=1S/C18H24Cl2N2O4/c1-4-8-26-14-10-22(18(24)25-5-2)7-6-12(14)9-13(23)17-16(20)15(19)11(3)21-17/h4,12,14,21H,1,5-10H2,2-3H3/t12-,14-/m0/s1. The molecule has 0 aliphatic carbocycles. The van der Waals surface area contributed by atoms with Gasteiger partial charge >= 0.3 is 6.09 Å². The number of rotatable bonds is 7. The fourth-order valence-electron chi connectivity index (χ4n) is 3.06. The lowest BCUT2D eigenvalue weighted by Crippen LogP contribution is -2.48. The monoisotopic (exact) mass is 402 g/mol. The highest BCUT2D eigenvalue weighted by molar-refractivity contribution is 6.44. The third-order valence-electron chi connectivity index (χ3n) is 4.43. The Bertz CT molecular complexity index is 674. The van der Waals surface area contributed by atoms with Crippen LogP contribution in [0.15, 0.2) is 12.7 Å². The van der Waals surface area contributed by atoms with E-state index in [0.717, 1.165) is 0 Å². The van der Waals surface area contributed by atoms with Gasteiger partial charge in [0, 0.05) is 18.7 Å². The molecular weight excluding hydrogens is 379 g/mol. The molecule has 2 rings (SSSR count). The number of carbonyl (C=O) groups excluding carboxylic acids is 2. The van der Waals surface area contributed by atoms with Gasteiger partial charge in [0.25, 0.3) is 0 Å². The van der Waals surface area contributed by atoms with E-state index in [-0.39, 0.29) is 35.3 Å². The molecule has 6 nitrogen and oxygen atoms in total. The number of nitrogens with zero attached hydrogens (tertiary/aromatic N) is 1. The minimum atomic E-state index is -0.362. The Balaban J connectivity index is 2.08. The van der Waals surface area contributed by atoms with Crippen LogP contribution in [0.5, 0.6) is 0 Å². The van der Waals surface area contributed by atoms with Gasteiger partial charge in [0.2, 0.25) is 0 Å². The summed E-state index contributed by atoms with van der Waals surface area (Å²) in [5, 5.41) is 0.619. The quantitative estimate of drug-likeness (QED) is 0.546. The summed E-state index contributed by atoms with van der Waals surface area (Å²) in [6.45, 7) is 8.74. The van der Waals surface area contributed by atoms with Crippen LogP contribution in [0.2, 0.25) is 10.0 Å². The van der Waals surface area contributed by atoms with E-state index in [2.05, 4.69) is 11.6 Å². The highest BCUT2D eigenvalue weighted by atomic mass is 35.5. The van der Waals surface area contributed by atoms with Crippen LogP contribution in [0.1, 0.15) is 35.9 Å². The first-order valence-corrected chi connectivity index (χ1v) is 9.35. The van der Waals surface area contributed by atoms with Crippen molar-refractivity contribution in [1.82, 2.24) is 9.88 Å². The van der Waals surface area contributed by atoms with E-state index in [0.29, 0.717) is 49.1 Å². The van der Waals surface area contributed by atoms with Gasteiger partial charge in [-0.1, -0.05) is 29.3 Å². The van der Waals surface area contributed by atoms with Crippen molar-refractivity contribution < 1.29 is 19.1 Å². The molecule has 2 heterocycles. The molecule has 1 aromatic rings. The molecule has 0 aromatic carbocycles. The normalized spacial score (nSPS) is 20.1. The first kappa shape index (κ1) is 20.8. The lowest BCUT2D eigenvalue weighted by atomic mass is 9.88. The van der Waals surface area contributed by atoms with Crippen LogP contribution in [0.25, 0.3) is 0 Å². The van der Waals surface area contributed by atoms with Gasteiger partial charge in [-0.15, -0.1) is 6.58 Å². The number of carbonyl (C=O) groups is 2. The zero-order chi connectivity index (χ0) is 19.3. The molecule has 0 unspecified atom stereocenters. The highest BCUT2D eigenvalue weighted by Crippen LogP contribution is 2.32. The van der Waals surface area contributed by atoms with Crippen molar-refractivity contribution >= 4 is 35.1 Å². The molecule has 144 valence electrons. The number of ether oxygens (including phenoxy) is 2. The van der Waals surface area contributed by atoms with Crippen molar-refractivity contribution in [1.29, 1.82) is 0 Å². The number of halogens is 2. The smallest absolute Gasteiger partial charge is 0.409 e. The van der Waals surface area contributed by atoms with Gasteiger partial charge in [0.05, 0.1) is 35.9 Å². The molecule has 1 saturated heterocycles. The van der Waals surface area contributed by atoms with Crippen molar-refractivity contribution in [2.24, 2.45) is 5.92 Å². The van der Waals surface area contributed by atoms with Crippen LogP contribution in [0.4, 0.5) is 4.79 Å². The lowest BCUT2D eigenvalue weighted by Gasteiger charge is -2.37. The number of hydrogen-bond donors (Lipinski definition) is 1. The van der Waals surface area contributed by atoms with Gasteiger partial charge in [-0.2, -0.15) is 0 Å². The average Bonchev–Trinajstić information content (AvgIpc) is 2.88. The van der Waals surface area contributed by atoms with Crippen molar-refractivity contribution in [2.45, 2.75) is 32.8 Å². The van der Waals surface area contributed by atoms with Crippen molar-refractivity contribution in [2.75, 3.05) is 26.3 Å². The molecule has 2 atom stereocenters. The van der Waals surface area contributed by atoms with Crippen molar-refractivity contribution in [3.63, 3.8) is 0 Å². The van der Waals surface area contributed by atoms with Gasteiger partial charge in [0.1, 0.15) is 5.69 Å². The van der Waals surface area contributed by atoms with Crippen LogP contribution >= 0.6 is 23.2 Å². The number of aromatic amines is 1. The Morgan fingerprint density at radius 1 is 1.38 bits per heavy atom. The SMILES string of the molecule is C=CCO[C@H]1CN(C(=O)OCC)CC[C@H]1CC(=O)c1[nH]c(C)c(Cl)c1Cl. The Morgan fingerprint density at radius 2 is 2.12 bits per heavy atom. The number of nitrogens with one attached hydrogen (secondary N) is 1. The molecule has 1 fully saturated rings. The van der Waals surface area contributed by atoms with Gasteiger partial charge in [0.15, 0.2) is 5.78 Å². The number of aromatic nitrogens is 1. The number of amides is 1. The Hall–Kier alpha value is -1.50. The Kier molecular flexibility index (Phi) is 7.55. The maximum Gasteiger partial charge on any atom is 0.409 e. The summed E-state index contributed by atoms with van der Waals surface area (Å²) in [5.74, 6) is -0.154. The van der Waals surface area contributed by atoms with Crippen LogP contribution in [0, 0.1) is 12.8 Å². The molecule has 1 amide bonds. The predicted octanol–water partition coefficient (Wildman–Crippen LogP) is 4.25. The summed E-state index contributed by atoms with van der Waals surface area (Å²) in [5.41, 5.74) is 0.987. The van der Waals surface area contributed by atoms with Crippen LogP contribution < -0.4 is 0 Å². The van der Waals surface area contributed by atoms with Crippen LogP contribution in [0.3, 0.4) is 0 Å². The number of ketones is 1. The number of likely N-dealkylation sites (tertiary alicyclic amines) is 1. The summed E-state index contributed by atoms with van der Waals surface area (Å²) < 4.78 is 10.9. The largest absolute Gasteiger partial charge is 0.450 e. The maximum atomic E-state index is 12.7. The van der Waals surface area contributed by atoms with Crippen molar-refractivity contribution in [3.05, 3.63) is 34.1 Å². The molecule has 1 aliphatic heterocycles. The second kappa shape index (κ2) is 9.44. The number of Topliss-reactive ketones (excluding diaryl/α,β-unsaturated/α-hetero) is 1. The van der Waals surface area contributed by atoms with Gasteiger partial charge in [-0.25, -0.2) is 4.79 Å². The first-order chi connectivity index (χ1) is 12.4. The molecule has 8 heteroatoms. The van der Waals surface area contributed by atoms with Gasteiger partial charge in [-0.3, -0.25) is 4.79 Å².